The van der Waals surface area contributed by atoms with Crippen LogP contribution >= 0.6 is 11.6 Å². The molecule has 0 bridgehead atoms. The lowest BCUT2D eigenvalue weighted by Gasteiger charge is -2.11. The smallest absolute Gasteiger partial charge is 0.148 e. The first-order valence-corrected chi connectivity index (χ1v) is 8.64. The summed E-state index contributed by atoms with van der Waals surface area (Å²) in [7, 11) is 0. The second kappa shape index (κ2) is 7.18. The van der Waals surface area contributed by atoms with E-state index in [1.165, 1.54) is 12.1 Å². The molecule has 0 amide bonds. The molecule has 0 N–H and O–H groups in total. The molecule has 3 nitrogen and oxygen atoms in total. The SMILES string of the molecule is Fc1ccc(Cn2c(COc3ccc(Cl)cc3)nc3ccccc32)cc1. The number of hydrogen-bond donors (Lipinski definition) is 0. The van der Waals surface area contributed by atoms with Gasteiger partial charge >= 0.3 is 0 Å². The van der Waals surface area contributed by atoms with Crippen LogP contribution in [0.1, 0.15) is 11.4 Å². The van der Waals surface area contributed by atoms with E-state index < -0.39 is 0 Å². The van der Waals surface area contributed by atoms with Crippen molar-refractivity contribution in [2.45, 2.75) is 13.2 Å². The largest absolute Gasteiger partial charge is 0.486 e. The molecule has 0 aliphatic carbocycles. The van der Waals surface area contributed by atoms with Crippen molar-refractivity contribution in [3.63, 3.8) is 0 Å². The summed E-state index contributed by atoms with van der Waals surface area (Å²) in [6.07, 6.45) is 0. The van der Waals surface area contributed by atoms with Gasteiger partial charge in [-0.05, 0) is 54.1 Å². The molecule has 0 saturated carbocycles. The van der Waals surface area contributed by atoms with Crippen LogP contribution in [0, 0.1) is 5.82 Å². The maximum atomic E-state index is 13.2. The van der Waals surface area contributed by atoms with Gasteiger partial charge in [0.05, 0.1) is 11.0 Å². The van der Waals surface area contributed by atoms with Gasteiger partial charge in [-0.25, -0.2) is 9.37 Å². The van der Waals surface area contributed by atoms with Crippen molar-refractivity contribution >= 4 is 22.6 Å². The van der Waals surface area contributed by atoms with E-state index in [9.17, 15) is 4.39 Å². The first-order chi connectivity index (χ1) is 12.7. The number of fused-ring (bicyclic) bond motifs is 1. The van der Waals surface area contributed by atoms with Crippen molar-refractivity contribution in [1.82, 2.24) is 9.55 Å². The van der Waals surface area contributed by atoms with Crippen LogP contribution in [0.25, 0.3) is 11.0 Å². The van der Waals surface area contributed by atoms with Gasteiger partial charge in [-0.1, -0.05) is 35.9 Å². The third-order valence-corrected chi connectivity index (χ3v) is 4.42. The standard InChI is InChI=1S/C21H16ClFN2O/c22-16-7-11-18(12-8-16)26-14-21-24-19-3-1-2-4-20(19)25(21)13-15-5-9-17(23)10-6-15/h1-12H,13-14H2. The average molecular weight is 367 g/mol. The summed E-state index contributed by atoms with van der Waals surface area (Å²) in [6.45, 7) is 0.928. The number of rotatable bonds is 5. The molecule has 0 fully saturated rings. The van der Waals surface area contributed by atoms with E-state index in [1.807, 2.05) is 36.4 Å². The highest BCUT2D eigenvalue weighted by molar-refractivity contribution is 6.30. The number of hydrogen-bond acceptors (Lipinski definition) is 2. The Labute approximate surface area is 155 Å². The molecule has 4 rings (SSSR count). The molecule has 0 aliphatic heterocycles. The van der Waals surface area contributed by atoms with Crippen LogP contribution in [0.5, 0.6) is 5.75 Å². The fourth-order valence-corrected chi connectivity index (χ4v) is 2.99. The number of ether oxygens (including phenoxy) is 1. The molecule has 0 radical (unpaired) electrons. The predicted molar refractivity (Wildman–Crippen MR) is 101 cm³/mol. The molecule has 5 heteroatoms. The quantitative estimate of drug-likeness (QED) is 0.469. The van der Waals surface area contributed by atoms with Gasteiger partial charge in [0.1, 0.15) is 24.0 Å². The summed E-state index contributed by atoms with van der Waals surface area (Å²) in [4.78, 5) is 4.70. The van der Waals surface area contributed by atoms with Gasteiger partial charge in [0.15, 0.2) is 0 Å². The Kier molecular flexibility index (Phi) is 4.59. The van der Waals surface area contributed by atoms with Crippen LogP contribution in [0.4, 0.5) is 4.39 Å². The van der Waals surface area contributed by atoms with E-state index in [-0.39, 0.29) is 5.82 Å². The van der Waals surface area contributed by atoms with E-state index in [0.717, 1.165) is 28.2 Å². The summed E-state index contributed by atoms with van der Waals surface area (Å²) in [5, 5.41) is 0.667. The zero-order valence-corrected chi connectivity index (χ0v) is 14.7. The second-order valence-corrected chi connectivity index (χ2v) is 6.41. The first kappa shape index (κ1) is 16.6. The Morgan fingerprint density at radius 2 is 1.65 bits per heavy atom. The number of benzene rings is 3. The van der Waals surface area contributed by atoms with Gasteiger partial charge in [-0.15, -0.1) is 0 Å². The summed E-state index contributed by atoms with van der Waals surface area (Å²) < 4.78 is 21.2. The minimum Gasteiger partial charge on any atom is -0.486 e. The molecule has 0 atom stereocenters. The van der Waals surface area contributed by atoms with Gasteiger partial charge in [-0.3, -0.25) is 0 Å². The molecule has 0 spiro atoms. The molecule has 130 valence electrons. The number of para-hydroxylation sites is 2. The van der Waals surface area contributed by atoms with E-state index in [1.54, 1.807) is 24.3 Å². The fraction of sp³-hybridized carbons (Fsp3) is 0.0952. The van der Waals surface area contributed by atoms with Gasteiger partial charge in [0, 0.05) is 11.6 Å². The van der Waals surface area contributed by atoms with Gasteiger partial charge in [0.2, 0.25) is 0 Å². The normalized spacial score (nSPS) is 11.0. The van der Waals surface area contributed by atoms with Gasteiger partial charge in [0.25, 0.3) is 0 Å². The van der Waals surface area contributed by atoms with Crippen LogP contribution in [0.3, 0.4) is 0 Å². The summed E-state index contributed by atoms with van der Waals surface area (Å²) in [5.74, 6) is 1.30. The van der Waals surface area contributed by atoms with Crippen molar-refractivity contribution in [1.29, 1.82) is 0 Å². The number of halogens is 2. The molecule has 4 aromatic rings. The third kappa shape index (κ3) is 3.55. The van der Waals surface area contributed by atoms with E-state index in [4.69, 9.17) is 21.3 Å². The Balaban J connectivity index is 1.64. The van der Waals surface area contributed by atoms with Crippen LogP contribution < -0.4 is 4.74 Å². The molecule has 1 heterocycles. The Morgan fingerprint density at radius 3 is 2.42 bits per heavy atom. The first-order valence-electron chi connectivity index (χ1n) is 8.26. The molecular weight excluding hydrogens is 351 g/mol. The number of aromatic nitrogens is 2. The zero-order valence-electron chi connectivity index (χ0n) is 13.9. The van der Waals surface area contributed by atoms with Crippen molar-refractivity contribution in [3.05, 3.63) is 95.0 Å². The lowest BCUT2D eigenvalue weighted by atomic mass is 10.2. The maximum Gasteiger partial charge on any atom is 0.148 e. The molecule has 0 aliphatic rings. The van der Waals surface area contributed by atoms with Crippen LogP contribution in [0.2, 0.25) is 5.02 Å². The highest BCUT2D eigenvalue weighted by atomic mass is 35.5. The zero-order chi connectivity index (χ0) is 17.9. The molecule has 1 aromatic heterocycles. The van der Waals surface area contributed by atoms with Crippen molar-refractivity contribution < 1.29 is 9.13 Å². The third-order valence-electron chi connectivity index (χ3n) is 4.17. The minimum absolute atomic E-state index is 0.240. The fourth-order valence-electron chi connectivity index (χ4n) is 2.86. The van der Waals surface area contributed by atoms with Gasteiger partial charge in [-0.2, -0.15) is 0 Å². The predicted octanol–water partition coefficient (Wildman–Crippen LogP) is 5.46. The Bertz CT molecular complexity index is 1030. The summed E-state index contributed by atoms with van der Waals surface area (Å²) in [6, 6.07) is 21.7. The maximum absolute atomic E-state index is 13.2. The topological polar surface area (TPSA) is 27.1 Å². The van der Waals surface area contributed by atoms with E-state index >= 15 is 0 Å². The highest BCUT2D eigenvalue weighted by Crippen LogP contribution is 2.21. The van der Waals surface area contributed by atoms with Crippen LogP contribution in [-0.4, -0.2) is 9.55 Å². The molecular formula is C21H16ClFN2O. The summed E-state index contributed by atoms with van der Waals surface area (Å²) in [5.41, 5.74) is 2.93. The van der Waals surface area contributed by atoms with Crippen LogP contribution in [0.15, 0.2) is 72.8 Å². The summed E-state index contributed by atoms with van der Waals surface area (Å²) >= 11 is 5.91. The molecule has 3 aromatic carbocycles. The van der Waals surface area contributed by atoms with Crippen molar-refractivity contribution in [2.24, 2.45) is 0 Å². The molecule has 26 heavy (non-hydrogen) atoms. The monoisotopic (exact) mass is 366 g/mol. The van der Waals surface area contributed by atoms with E-state index in [0.29, 0.717) is 18.2 Å². The lowest BCUT2D eigenvalue weighted by molar-refractivity contribution is 0.291. The Morgan fingerprint density at radius 1 is 0.923 bits per heavy atom. The van der Waals surface area contributed by atoms with Gasteiger partial charge < -0.3 is 9.30 Å². The molecule has 0 unspecified atom stereocenters. The highest BCUT2D eigenvalue weighted by Gasteiger charge is 2.12. The second-order valence-electron chi connectivity index (χ2n) is 5.97. The lowest BCUT2D eigenvalue weighted by Crippen LogP contribution is -2.08. The van der Waals surface area contributed by atoms with Crippen LogP contribution in [-0.2, 0) is 13.2 Å². The minimum atomic E-state index is -0.240. The number of imidazole rings is 1. The number of nitrogens with zero attached hydrogens (tertiary/aromatic N) is 2. The average Bonchev–Trinajstić information content (AvgIpc) is 3.01. The van der Waals surface area contributed by atoms with Crippen molar-refractivity contribution in [3.8, 4) is 5.75 Å². The van der Waals surface area contributed by atoms with E-state index in [2.05, 4.69) is 4.57 Å². The Hall–Kier alpha value is -2.85. The van der Waals surface area contributed by atoms with Crippen molar-refractivity contribution in [2.75, 3.05) is 0 Å². The molecule has 0 saturated heterocycles.